The monoisotopic (exact) mass is 376 g/mol. The number of nitrogen functional groups attached to an aromatic ring is 2. The second-order valence-electron chi connectivity index (χ2n) is 6.24. The quantitative estimate of drug-likeness (QED) is 0.274. The van der Waals surface area contributed by atoms with Gasteiger partial charge in [0.2, 0.25) is 0 Å². The molecule has 0 saturated heterocycles. The lowest BCUT2D eigenvalue weighted by atomic mass is 9.92. The Kier molecular flexibility index (Phi) is 7.68. The van der Waals surface area contributed by atoms with E-state index >= 15 is 0 Å². The fourth-order valence-corrected chi connectivity index (χ4v) is 2.91. The summed E-state index contributed by atoms with van der Waals surface area (Å²) in [5.41, 5.74) is 16.8. The van der Waals surface area contributed by atoms with Gasteiger partial charge in [0.15, 0.2) is 0 Å². The molecule has 0 aliphatic carbocycles. The molecule has 0 bridgehead atoms. The van der Waals surface area contributed by atoms with Crippen molar-refractivity contribution < 1.29 is 20.4 Å². The van der Waals surface area contributed by atoms with Crippen LogP contribution in [0.2, 0.25) is 0 Å². The molecule has 0 radical (unpaired) electrons. The van der Waals surface area contributed by atoms with Crippen molar-refractivity contribution >= 4 is 22.7 Å². The normalized spacial score (nSPS) is 12.0. The number of nitrogens with two attached hydrogens (primary N) is 2. The van der Waals surface area contributed by atoms with E-state index in [2.05, 4.69) is 10.6 Å². The second kappa shape index (κ2) is 9.98. The molecule has 0 spiro atoms. The molecule has 1 atom stereocenters. The predicted octanol–water partition coefficient (Wildman–Crippen LogP) is 0.222. The Balaban J connectivity index is 2.58. The number of anilines is 4. The van der Waals surface area contributed by atoms with E-state index in [-0.39, 0.29) is 26.2 Å². The fraction of sp³-hybridized carbons (Fsp3) is 0.368. The number of hydrogen-bond donors (Lipinski definition) is 8. The van der Waals surface area contributed by atoms with Crippen LogP contribution in [0.4, 0.5) is 22.7 Å². The highest BCUT2D eigenvalue weighted by Crippen LogP contribution is 2.37. The van der Waals surface area contributed by atoms with Crippen LogP contribution in [-0.2, 0) is 6.42 Å². The molecule has 2 rings (SSSR count). The Morgan fingerprint density at radius 1 is 0.889 bits per heavy atom. The molecule has 0 heterocycles. The van der Waals surface area contributed by atoms with Gasteiger partial charge in [0, 0.05) is 47.8 Å². The number of benzene rings is 2. The van der Waals surface area contributed by atoms with Gasteiger partial charge in [-0.05, 0) is 41.5 Å². The largest absolute Gasteiger partial charge is 0.399 e. The molecule has 8 heteroatoms. The van der Waals surface area contributed by atoms with Gasteiger partial charge in [-0.1, -0.05) is 0 Å². The Morgan fingerprint density at radius 3 is 2.26 bits per heavy atom. The number of nitrogens with one attached hydrogen (secondary N) is 2. The minimum atomic E-state index is -0.945. The van der Waals surface area contributed by atoms with Gasteiger partial charge in [-0.25, -0.2) is 0 Å². The lowest BCUT2D eigenvalue weighted by Crippen LogP contribution is -2.17. The maximum absolute atomic E-state index is 9.93. The topological polar surface area (TPSA) is 157 Å². The summed E-state index contributed by atoms with van der Waals surface area (Å²) in [5.74, 6) is 0. The van der Waals surface area contributed by atoms with Gasteiger partial charge in [0.1, 0.15) is 0 Å². The molecular weight excluding hydrogens is 348 g/mol. The maximum Gasteiger partial charge on any atom is 0.0812 e. The van der Waals surface area contributed by atoms with Crippen LogP contribution in [0.25, 0.3) is 11.1 Å². The second-order valence-corrected chi connectivity index (χ2v) is 6.24. The molecule has 0 aliphatic rings. The average molecular weight is 376 g/mol. The lowest BCUT2D eigenvalue weighted by molar-refractivity contribution is 0.0957. The molecule has 10 N–H and O–H groups in total. The van der Waals surface area contributed by atoms with E-state index in [0.717, 1.165) is 22.5 Å². The zero-order valence-electron chi connectivity index (χ0n) is 15.2. The summed E-state index contributed by atoms with van der Waals surface area (Å²) in [6, 6.07) is 8.99. The first-order valence-corrected chi connectivity index (χ1v) is 8.80. The smallest absolute Gasteiger partial charge is 0.0812 e. The summed E-state index contributed by atoms with van der Waals surface area (Å²) >= 11 is 0. The minimum Gasteiger partial charge on any atom is -0.399 e. The van der Waals surface area contributed by atoms with Gasteiger partial charge < -0.3 is 42.5 Å². The summed E-state index contributed by atoms with van der Waals surface area (Å²) in [4.78, 5) is 0. The van der Waals surface area contributed by atoms with E-state index in [1.54, 1.807) is 12.1 Å². The summed E-state index contributed by atoms with van der Waals surface area (Å²) in [6.07, 6.45) is -0.773. The lowest BCUT2D eigenvalue weighted by Gasteiger charge is -2.20. The van der Waals surface area contributed by atoms with E-state index in [0.29, 0.717) is 30.0 Å². The molecule has 8 nitrogen and oxygen atoms in total. The Hall–Kier alpha value is -2.52. The summed E-state index contributed by atoms with van der Waals surface area (Å²) < 4.78 is 0. The van der Waals surface area contributed by atoms with Crippen molar-refractivity contribution in [2.45, 2.75) is 12.5 Å². The molecule has 0 saturated carbocycles. The summed E-state index contributed by atoms with van der Waals surface area (Å²) in [7, 11) is 0. The first-order valence-electron chi connectivity index (χ1n) is 8.80. The number of aliphatic hydroxyl groups is 4. The van der Waals surface area contributed by atoms with Gasteiger partial charge in [-0.3, -0.25) is 0 Å². The SMILES string of the molecule is Nc1cc(N)c(CC(O)CO)c(-c2cc(NCCO)ccc2NCCO)c1. The van der Waals surface area contributed by atoms with Gasteiger partial charge in [0.05, 0.1) is 25.9 Å². The molecule has 2 aromatic carbocycles. The third kappa shape index (κ3) is 5.48. The van der Waals surface area contributed by atoms with E-state index in [1.807, 2.05) is 18.2 Å². The Bertz CT molecular complexity index is 755. The third-order valence-electron chi connectivity index (χ3n) is 4.14. The number of rotatable bonds is 10. The van der Waals surface area contributed by atoms with Gasteiger partial charge in [-0.15, -0.1) is 0 Å². The predicted molar refractivity (Wildman–Crippen MR) is 109 cm³/mol. The van der Waals surface area contributed by atoms with Crippen LogP contribution in [0.3, 0.4) is 0 Å². The first kappa shape index (κ1) is 20.8. The summed E-state index contributed by atoms with van der Waals surface area (Å²) in [6.45, 7) is 0.357. The van der Waals surface area contributed by atoms with Crippen molar-refractivity contribution in [1.29, 1.82) is 0 Å². The van der Waals surface area contributed by atoms with Crippen LogP contribution < -0.4 is 22.1 Å². The minimum absolute atomic E-state index is 0.000969. The van der Waals surface area contributed by atoms with Crippen molar-refractivity contribution in [2.24, 2.45) is 0 Å². The molecule has 27 heavy (non-hydrogen) atoms. The van der Waals surface area contributed by atoms with Crippen molar-refractivity contribution in [3.63, 3.8) is 0 Å². The van der Waals surface area contributed by atoms with E-state index in [4.69, 9.17) is 21.7 Å². The zero-order valence-corrected chi connectivity index (χ0v) is 15.2. The molecule has 0 aliphatic heterocycles. The fourth-order valence-electron chi connectivity index (χ4n) is 2.91. The molecule has 1 unspecified atom stereocenters. The highest BCUT2D eigenvalue weighted by Gasteiger charge is 2.17. The van der Waals surface area contributed by atoms with Crippen LogP contribution in [0.5, 0.6) is 0 Å². The standard InChI is InChI=1S/C19H28N4O4/c20-12-7-15(16(18(21)8-12)10-14(27)11-26)17-9-13(22-3-5-24)1-2-19(17)23-4-6-25/h1-2,7-9,14,22-27H,3-6,10-11,20-21H2. The molecule has 2 aromatic rings. The summed E-state index contributed by atoms with van der Waals surface area (Å²) in [5, 5.41) is 43.6. The van der Waals surface area contributed by atoms with E-state index in [1.165, 1.54) is 0 Å². The molecule has 0 amide bonds. The highest BCUT2D eigenvalue weighted by atomic mass is 16.3. The Labute approximate surface area is 158 Å². The zero-order chi connectivity index (χ0) is 19.8. The third-order valence-corrected chi connectivity index (χ3v) is 4.14. The van der Waals surface area contributed by atoms with Crippen LogP contribution in [0, 0.1) is 0 Å². The van der Waals surface area contributed by atoms with Crippen LogP contribution >= 0.6 is 0 Å². The van der Waals surface area contributed by atoms with Crippen LogP contribution in [0.15, 0.2) is 30.3 Å². The molecule has 148 valence electrons. The van der Waals surface area contributed by atoms with Crippen molar-refractivity contribution in [1.82, 2.24) is 0 Å². The van der Waals surface area contributed by atoms with E-state index in [9.17, 15) is 10.2 Å². The number of hydrogen-bond acceptors (Lipinski definition) is 8. The maximum atomic E-state index is 9.93. The molecular formula is C19H28N4O4. The average Bonchev–Trinajstić information content (AvgIpc) is 2.66. The van der Waals surface area contributed by atoms with E-state index < -0.39 is 6.10 Å². The van der Waals surface area contributed by atoms with Crippen LogP contribution in [-0.4, -0.2) is 59.4 Å². The number of aliphatic hydroxyl groups excluding tert-OH is 4. The first-order chi connectivity index (χ1) is 13.0. The van der Waals surface area contributed by atoms with Crippen molar-refractivity contribution in [3.8, 4) is 11.1 Å². The van der Waals surface area contributed by atoms with Crippen molar-refractivity contribution in [3.05, 3.63) is 35.9 Å². The molecule has 0 fully saturated rings. The van der Waals surface area contributed by atoms with Gasteiger partial charge in [-0.2, -0.15) is 0 Å². The van der Waals surface area contributed by atoms with Crippen LogP contribution in [0.1, 0.15) is 5.56 Å². The highest BCUT2D eigenvalue weighted by molar-refractivity contribution is 5.87. The molecule has 0 aromatic heterocycles. The van der Waals surface area contributed by atoms with Gasteiger partial charge in [0.25, 0.3) is 0 Å². The van der Waals surface area contributed by atoms with Gasteiger partial charge >= 0.3 is 0 Å². The Morgan fingerprint density at radius 2 is 1.59 bits per heavy atom. The van der Waals surface area contributed by atoms with Crippen molar-refractivity contribution in [2.75, 3.05) is 55.0 Å².